The molecule has 0 saturated heterocycles. The smallest absolute Gasteiger partial charge is 0.118 e. The maximum Gasteiger partial charge on any atom is 0.118 e. The van der Waals surface area contributed by atoms with E-state index in [9.17, 15) is 0 Å². The lowest BCUT2D eigenvalue weighted by Crippen LogP contribution is -2.41. The minimum atomic E-state index is 0.437. The van der Waals surface area contributed by atoms with E-state index in [0.717, 1.165) is 30.7 Å². The molecule has 2 aliphatic rings. The number of rotatable bonds is 5. The highest BCUT2D eigenvalue weighted by molar-refractivity contribution is 5.27. The van der Waals surface area contributed by atoms with Crippen molar-refractivity contribution in [3.05, 3.63) is 29.8 Å². The van der Waals surface area contributed by atoms with Crippen LogP contribution in [0.2, 0.25) is 0 Å². The van der Waals surface area contributed by atoms with Crippen molar-refractivity contribution in [3.63, 3.8) is 0 Å². The number of nitrogens with zero attached hydrogens (tertiary/aromatic N) is 1. The summed E-state index contributed by atoms with van der Waals surface area (Å²) in [6, 6.07) is 8.80. The van der Waals surface area contributed by atoms with Crippen molar-refractivity contribution in [2.45, 2.75) is 31.8 Å². The second-order valence-electron chi connectivity index (χ2n) is 6.62. The maximum absolute atomic E-state index is 6.40. The molecule has 2 bridgehead atoms. The second kappa shape index (κ2) is 5.74. The summed E-state index contributed by atoms with van der Waals surface area (Å²) in [4.78, 5) is 2.42. The molecule has 0 amide bonds. The van der Waals surface area contributed by atoms with Crippen LogP contribution in [0.4, 0.5) is 0 Å². The van der Waals surface area contributed by atoms with E-state index in [1.807, 2.05) is 12.1 Å². The van der Waals surface area contributed by atoms with Gasteiger partial charge in [-0.05, 0) is 61.8 Å². The fraction of sp³-hybridized carbons (Fsp3) is 0.647. The number of hydrogen-bond donors (Lipinski definition) is 1. The summed E-state index contributed by atoms with van der Waals surface area (Å²) in [5.41, 5.74) is 7.74. The predicted molar refractivity (Wildman–Crippen MR) is 81.6 cm³/mol. The lowest BCUT2D eigenvalue weighted by molar-refractivity contribution is 0.194. The van der Waals surface area contributed by atoms with Crippen molar-refractivity contribution in [2.24, 2.45) is 23.5 Å². The Morgan fingerprint density at radius 1 is 1.20 bits per heavy atom. The number of ether oxygens (including phenoxy) is 1. The molecule has 0 heterocycles. The van der Waals surface area contributed by atoms with Gasteiger partial charge in [0.15, 0.2) is 0 Å². The zero-order valence-corrected chi connectivity index (χ0v) is 12.6. The molecule has 2 saturated carbocycles. The Balaban J connectivity index is 1.55. The highest BCUT2D eigenvalue weighted by atomic mass is 16.5. The zero-order chi connectivity index (χ0) is 14.1. The van der Waals surface area contributed by atoms with Crippen LogP contribution in [0.5, 0.6) is 5.75 Å². The highest BCUT2D eigenvalue weighted by Crippen LogP contribution is 2.47. The molecule has 2 fully saturated rings. The Morgan fingerprint density at radius 3 is 2.50 bits per heavy atom. The Bertz CT molecular complexity index is 443. The molecule has 4 atom stereocenters. The first-order valence-corrected chi connectivity index (χ1v) is 7.74. The minimum absolute atomic E-state index is 0.437. The van der Waals surface area contributed by atoms with E-state index in [0.29, 0.717) is 12.0 Å². The van der Waals surface area contributed by atoms with Gasteiger partial charge in [0.2, 0.25) is 0 Å². The molecular formula is C17H26N2O. The summed E-state index contributed by atoms with van der Waals surface area (Å²) in [7, 11) is 3.92. The molecule has 1 aromatic rings. The summed E-state index contributed by atoms with van der Waals surface area (Å²) < 4.78 is 5.20. The third kappa shape index (κ3) is 2.70. The van der Waals surface area contributed by atoms with Gasteiger partial charge in [-0.15, -0.1) is 0 Å². The Labute approximate surface area is 122 Å². The number of hydrogen-bond acceptors (Lipinski definition) is 3. The van der Waals surface area contributed by atoms with Gasteiger partial charge in [0.25, 0.3) is 0 Å². The molecule has 0 aliphatic heterocycles. The summed E-state index contributed by atoms with van der Waals surface area (Å²) in [5, 5.41) is 0. The molecule has 3 rings (SSSR count). The molecule has 0 radical (unpaired) electrons. The van der Waals surface area contributed by atoms with Crippen LogP contribution in [0.15, 0.2) is 24.3 Å². The normalized spacial score (nSPS) is 32.0. The number of nitrogens with two attached hydrogens (primary N) is 1. The monoisotopic (exact) mass is 274 g/mol. The van der Waals surface area contributed by atoms with Crippen molar-refractivity contribution >= 4 is 0 Å². The highest BCUT2D eigenvalue weighted by Gasteiger charge is 2.45. The topological polar surface area (TPSA) is 38.5 Å². The van der Waals surface area contributed by atoms with Crippen LogP contribution in [-0.4, -0.2) is 31.6 Å². The fourth-order valence-corrected chi connectivity index (χ4v) is 4.19. The van der Waals surface area contributed by atoms with Crippen LogP contribution in [0.1, 0.15) is 24.8 Å². The molecule has 4 unspecified atom stereocenters. The fourth-order valence-electron chi connectivity index (χ4n) is 4.19. The first-order chi connectivity index (χ1) is 9.67. The molecule has 1 aromatic carbocycles. The zero-order valence-electron chi connectivity index (χ0n) is 12.6. The van der Waals surface area contributed by atoms with Crippen LogP contribution in [0.25, 0.3) is 0 Å². The first kappa shape index (κ1) is 13.9. The average molecular weight is 274 g/mol. The first-order valence-electron chi connectivity index (χ1n) is 7.74. The van der Waals surface area contributed by atoms with E-state index in [4.69, 9.17) is 10.5 Å². The molecular weight excluding hydrogens is 248 g/mol. The quantitative estimate of drug-likeness (QED) is 0.896. The number of methoxy groups -OCH3 is 1. The van der Waals surface area contributed by atoms with Crippen LogP contribution in [0, 0.1) is 17.8 Å². The van der Waals surface area contributed by atoms with Crippen LogP contribution < -0.4 is 10.5 Å². The molecule has 2 N–H and O–H groups in total. The van der Waals surface area contributed by atoms with Gasteiger partial charge in [0, 0.05) is 19.1 Å². The Hall–Kier alpha value is -1.06. The molecule has 110 valence electrons. The average Bonchev–Trinajstić information content (AvgIpc) is 3.03. The predicted octanol–water partition coefficient (Wildman–Crippen LogP) is 2.50. The Kier molecular flexibility index (Phi) is 3.99. The molecule has 2 aliphatic carbocycles. The third-order valence-corrected chi connectivity index (χ3v) is 5.29. The summed E-state index contributed by atoms with van der Waals surface area (Å²) in [6.07, 6.45) is 4.14. The number of fused-ring (bicyclic) bond motifs is 2. The van der Waals surface area contributed by atoms with Gasteiger partial charge in [-0.25, -0.2) is 0 Å². The molecule has 0 spiro atoms. The summed E-state index contributed by atoms with van der Waals surface area (Å²) in [6.45, 7) is 2.12. The third-order valence-electron chi connectivity index (χ3n) is 5.29. The minimum Gasteiger partial charge on any atom is -0.497 e. The molecule has 20 heavy (non-hydrogen) atoms. The van der Waals surface area contributed by atoms with Crippen LogP contribution in [0.3, 0.4) is 0 Å². The van der Waals surface area contributed by atoms with Gasteiger partial charge < -0.3 is 15.4 Å². The molecule has 0 aromatic heterocycles. The summed E-state index contributed by atoms with van der Waals surface area (Å²) in [5.74, 6) is 3.32. The van der Waals surface area contributed by atoms with E-state index in [1.165, 1.54) is 24.8 Å². The van der Waals surface area contributed by atoms with E-state index in [-0.39, 0.29) is 0 Å². The van der Waals surface area contributed by atoms with E-state index < -0.39 is 0 Å². The standard InChI is InChI=1S/C17H26N2O/c1-19(10-12-3-7-15(20-2)8-4-12)11-16-13-5-6-14(9-13)17(16)18/h3-4,7-8,13-14,16-17H,5-6,9-11,18H2,1-2H3. The van der Waals surface area contributed by atoms with Crippen molar-refractivity contribution < 1.29 is 4.74 Å². The SMILES string of the molecule is COc1ccc(CN(C)CC2C3CCC(C3)C2N)cc1. The van der Waals surface area contributed by atoms with E-state index >= 15 is 0 Å². The van der Waals surface area contributed by atoms with E-state index in [1.54, 1.807) is 7.11 Å². The maximum atomic E-state index is 6.40. The van der Waals surface area contributed by atoms with E-state index in [2.05, 4.69) is 24.1 Å². The van der Waals surface area contributed by atoms with Gasteiger partial charge in [-0.1, -0.05) is 12.1 Å². The second-order valence-corrected chi connectivity index (χ2v) is 6.62. The van der Waals surface area contributed by atoms with Gasteiger partial charge in [0.05, 0.1) is 7.11 Å². The van der Waals surface area contributed by atoms with Crippen molar-refractivity contribution in [2.75, 3.05) is 20.7 Å². The van der Waals surface area contributed by atoms with Crippen LogP contribution >= 0.6 is 0 Å². The molecule has 3 nitrogen and oxygen atoms in total. The van der Waals surface area contributed by atoms with Gasteiger partial charge >= 0.3 is 0 Å². The summed E-state index contributed by atoms with van der Waals surface area (Å²) >= 11 is 0. The lowest BCUT2D eigenvalue weighted by atomic mass is 9.84. The van der Waals surface area contributed by atoms with Crippen molar-refractivity contribution in [3.8, 4) is 5.75 Å². The Morgan fingerprint density at radius 2 is 1.90 bits per heavy atom. The van der Waals surface area contributed by atoms with Crippen molar-refractivity contribution in [1.29, 1.82) is 0 Å². The van der Waals surface area contributed by atoms with Gasteiger partial charge in [-0.2, -0.15) is 0 Å². The van der Waals surface area contributed by atoms with Crippen LogP contribution in [-0.2, 0) is 6.54 Å². The molecule has 3 heteroatoms. The lowest BCUT2D eigenvalue weighted by Gasteiger charge is -2.31. The van der Waals surface area contributed by atoms with Gasteiger partial charge in [0.1, 0.15) is 5.75 Å². The number of benzene rings is 1. The largest absolute Gasteiger partial charge is 0.497 e. The van der Waals surface area contributed by atoms with Crippen molar-refractivity contribution in [1.82, 2.24) is 4.90 Å². The van der Waals surface area contributed by atoms with Gasteiger partial charge in [-0.3, -0.25) is 0 Å².